The van der Waals surface area contributed by atoms with Crippen LogP contribution in [0.15, 0.2) is 5.03 Å². The number of aryl methyl sites for hydroxylation is 1. The lowest BCUT2D eigenvalue weighted by Gasteiger charge is -2.00. The molecule has 9 heteroatoms. The van der Waals surface area contributed by atoms with Gasteiger partial charge in [0.2, 0.25) is 0 Å². The number of rotatable bonds is 2. The maximum absolute atomic E-state index is 11.2. The van der Waals surface area contributed by atoms with Crippen LogP contribution in [-0.4, -0.2) is 31.3 Å². The molecule has 0 aliphatic heterocycles. The van der Waals surface area contributed by atoms with E-state index in [0.717, 1.165) is 11.8 Å². The number of carbonyl (C=O) groups is 1. The van der Waals surface area contributed by atoms with Crippen LogP contribution in [0.4, 0.5) is 0 Å². The molecule has 0 spiro atoms. The molecule has 84 valence electrons. The summed E-state index contributed by atoms with van der Waals surface area (Å²) in [7, 11) is 3.41. The van der Waals surface area contributed by atoms with Gasteiger partial charge in [0.1, 0.15) is 5.56 Å². The van der Waals surface area contributed by atoms with E-state index < -0.39 is 20.0 Å². The van der Waals surface area contributed by atoms with E-state index in [9.17, 15) is 13.2 Å². The van der Waals surface area contributed by atoms with Gasteiger partial charge in [-0.05, 0) is 0 Å². The molecule has 6 nitrogen and oxygen atoms in total. The van der Waals surface area contributed by atoms with Gasteiger partial charge in [-0.15, -0.1) is 0 Å². The zero-order chi connectivity index (χ0) is 11.8. The first kappa shape index (κ1) is 12.3. The average Bonchev–Trinajstić information content (AvgIpc) is 2.38. The van der Waals surface area contributed by atoms with E-state index in [-0.39, 0.29) is 10.7 Å². The predicted octanol–water partition coefficient (Wildman–Crippen LogP) is 0.788. The van der Waals surface area contributed by atoms with Crippen molar-refractivity contribution in [3.63, 3.8) is 0 Å². The summed E-state index contributed by atoms with van der Waals surface area (Å²) in [5, 5.41) is 2.80. The number of halogens is 2. The second-order valence-electron chi connectivity index (χ2n) is 2.52. The van der Waals surface area contributed by atoms with Crippen LogP contribution in [0, 0.1) is 0 Å². The van der Waals surface area contributed by atoms with Gasteiger partial charge in [-0.1, -0.05) is 11.6 Å². The largest absolute Gasteiger partial charge is 0.465 e. The van der Waals surface area contributed by atoms with Crippen molar-refractivity contribution in [2.75, 3.05) is 7.11 Å². The predicted molar refractivity (Wildman–Crippen MR) is 52.6 cm³/mol. The number of carbonyl (C=O) groups excluding carboxylic acids is 1. The standard InChI is InChI=1S/C6H6Cl2N2O4S/c1-10-5(15(8,12)13)3(4(7)9-10)6(11)14-2/h1-2H3. The Hall–Kier alpha value is -0.790. The van der Waals surface area contributed by atoms with E-state index >= 15 is 0 Å². The molecule has 0 unspecified atom stereocenters. The highest BCUT2D eigenvalue weighted by molar-refractivity contribution is 8.13. The smallest absolute Gasteiger partial charge is 0.344 e. The number of hydrogen-bond acceptors (Lipinski definition) is 5. The average molecular weight is 273 g/mol. The second-order valence-corrected chi connectivity index (χ2v) is 5.36. The molecule has 0 aliphatic carbocycles. The van der Waals surface area contributed by atoms with Crippen LogP contribution in [0.3, 0.4) is 0 Å². The topological polar surface area (TPSA) is 78.3 Å². The van der Waals surface area contributed by atoms with Crippen LogP contribution in [-0.2, 0) is 20.8 Å². The number of methoxy groups -OCH3 is 1. The number of nitrogens with zero attached hydrogens (tertiary/aromatic N) is 2. The van der Waals surface area contributed by atoms with Gasteiger partial charge in [0, 0.05) is 17.7 Å². The van der Waals surface area contributed by atoms with E-state index in [1.807, 2.05) is 0 Å². The minimum atomic E-state index is -4.11. The van der Waals surface area contributed by atoms with Crippen LogP contribution < -0.4 is 0 Å². The van der Waals surface area contributed by atoms with E-state index in [1.54, 1.807) is 0 Å². The van der Waals surface area contributed by atoms with Gasteiger partial charge < -0.3 is 4.74 Å². The quantitative estimate of drug-likeness (QED) is 0.588. The van der Waals surface area contributed by atoms with Crippen molar-refractivity contribution in [1.82, 2.24) is 9.78 Å². The molecule has 0 amide bonds. The molecule has 0 saturated heterocycles. The molecular formula is C6H6Cl2N2O4S. The summed E-state index contributed by atoms with van der Waals surface area (Å²) in [4.78, 5) is 11.2. The summed E-state index contributed by atoms with van der Waals surface area (Å²) in [6.07, 6.45) is 0. The van der Waals surface area contributed by atoms with Gasteiger partial charge in [-0.25, -0.2) is 13.2 Å². The van der Waals surface area contributed by atoms with Crippen molar-refractivity contribution in [1.29, 1.82) is 0 Å². The molecule has 0 bridgehead atoms. The third-order valence-electron chi connectivity index (χ3n) is 1.57. The highest BCUT2D eigenvalue weighted by Gasteiger charge is 2.30. The fraction of sp³-hybridized carbons (Fsp3) is 0.333. The Kier molecular flexibility index (Phi) is 3.27. The molecule has 0 atom stereocenters. The number of esters is 1. The fourth-order valence-electron chi connectivity index (χ4n) is 1.03. The van der Waals surface area contributed by atoms with Crippen LogP contribution in [0.5, 0.6) is 0 Å². The molecular weight excluding hydrogens is 267 g/mol. The first-order chi connectivity index (χ1) is 6.79. The summed E-state index contributed by atoms with van der Waals surface area (Å²) < 4.78 is 27.6. The SMILES string of the molecule is COC(=O)c1c(Cl)nn(C)c1S(=O)(=O)Cl. The summed E-state index contributed by atoms with van der Waals surface area (Å²) in [5.41, 5.74) is -0.364. The van der Waals surface area contributed by atoms with E-state index in [1.165, 1.54) is 7.05 Å². The van der Waals surface area contributed by atoms with Crippen molar-refractivity contribution in [3.8, 4) is 0 Å². The summed E-state index contributed by atoms with van der Waals surface area (Å²) in [6.45, 7) is 0. The summed E-state index contributed by atoms with van der Waals surface area (Å²) >= 11 is 5.57. The Bertz CT molecular complexity index is 507. The Morgan fingerprint density at radius 1 is 1.53 bits per heavy atom. The minimum Gasteiger partial charge on any atom is -0.465 e. The van der Waals surface area contributed by atoms with Crippen LogP contribution in [0.2, 0.25) is 5.15 Å². The molecule has 1 aromatic rings. The van der Waals surface area contributed by atoms with Gasteiger partial charge >= 0.3 is 5.97 Å². The minimum absolute atomic E-state index is 0.274. The van der Waals surface area contributed by atoms with Crippen molar-refractivity contribution in [2.45, 2.75) is 5.03 Å². The third kappa shape index (κ3) is 2.24. The molecule has 1 rings (SSSR count). The Labute approximate surface area is 95.1 Å². The maximum atomic E-state index is 11.2. The molecule has 0 saturated carbocycles. The summed E-state index contributed by atoms with van der Waals surface area (Å²) in [5.74, 6) is -0.910. The number of hydrogen-bond donors (Lipinski definition) is 0. The Balaban J connectivity index is 3.58. The molecule has 0 aromatic carbocycles. The van der Waals surface area contributed by atoms with Crippen molar-refractivity contribution < 1.29 is 17.9 Å². The zero-order valence-corrected chi connectivity index (χ0v) is 10.0. The lowest BCUT2D eigenvalue weighted by atomic mass is 10.4. The van der Waals surface area contributed by atoms with Crippen molar-refractivity contribution in [3.05, 3.63) is 10.7 Å². The fourth-order valence-corrected chi connectivity index (χ4v) is 2.68. The maximum Gasteiger partial charge on any atom is 0.344 e. The van der Waals surface area contributed by atoms with E-state index in [2.05, 4.69) is 9.84 Å². The highest BCUT2D eigenvalue weighted by atomic mass is 35.7. The van der Waals surface area contributed by atoms with Crippen LogP contribution in [0.1, 0.15) is 10.4 Å². The van der Waals surface area contributed by atoms with Crippen LogP contribution >= 0.6 is 22.3 Å². The Morgan fingerprint density at radius 3 is 2.47 bits per heavy atom. The lowest BCUT2D eigenvalue weighted by Crippen LogP contribution is -2.09. The van der Waals surface area contributed by atoms with Crippen LogP contribution in [0.25, 0.3) is 0 Å². The summed E-state index contributed by atoms with van der Waals surface area (Å²) in [6, 6.07) is 0. The molecule has 0 aliphatic rings. The van der Waals surface area contributed by atoms with Gasteiger partial charge in [-0.2, -0.15) is 5.10 Å². The first-order valence-electron chi connectivity index (χ1n) is 3.54. The molecule has 0 radical (unpaired) electrons. The van der Waals surface area contributed by atoms with E-state index in [0.29, 0.717) is 0 Å². The molecule has 1 heterocycles. The molecule has 15 heavy (non-hydrogen) atoms. The van der Waals surface area contributed by atoms with Gasteiger partial charge in [0.15, 0.2) is 10.2 Å². The monoisotopic (exact) mass is 272 g/mol. The first-order valence-corrected chi connectivity index (χ1v) is 6.23. The molecule has 1 aromatic heterocycles. The van der Waals surface area contributed by atoms with Crippen molar-refractivity contribution >= 4 is 37.3 Å². The molecule has 0 N–H and O–H groups in total. The van der Waals surface area contributed by atoms with E-state index in [4.69, 9.17) is 22.3 Å². The molecule has 0 fully saturated rings. The normalized spacial score (nSPS) is 11.5. The lowest BCUT2D eigenvalue weighted by molar-refractivity contribution is 0.0596. The number of aromatic nitrogens is 2. The highest BCUT2D eigenvalue weighted by Crippen LogP contribution is 2.26. The van der Waals surface area contributed by atoms with Gasteiger partial charge in [0.05, 0.1) is 7.11 Å². The van der Waals surface area contributed by atoms with Gasteiger partial charge in [0.25, 0.3) is 9.05 Å². The second kappa shape index (κ2) is 3.99. The zero-order valence-electron chi connectivity index (χ0n) is 7.69. The number of ether oxygens (including phenoxy) is 1. The third-order valence-corrected chi connectivity index (χ3v) is 3.21. The Morgan fingerprint density at radius 2 is 2.07 bits per heavy atom. The van der Waals surface area contributed by atoms with Gasteiger partial charge in [-0.3, -0.25) is 4.68 Å². The van der Waals surface area contributed by atoms with Crippen molar-refractivity contribution in [2.24, 2.45) is 7.05 Å².